The van der Waals surface area contributed by atoms with E-state index in [1.54, 1.807) is 7.05 Å². The number of hydrogen-bond donors (Lipinski definition) is 1. The molecule has 1 aliphatic carbocycles. The Morgan fingerprint density at radius 3 is 2.63 bits per heavy atom. The van der Waals surface area contributed by atoms with Crippen molar-refractivity contribution in [3.63, 3.8) is 0 Å². The Kier molecular flexibility index (Phi) is 3.60. The van der Waals surface area contributed by atoms with Gasteiger partial charge in [-0.2, -0.15) is 0 Å². The molecular weight excluding hydrogens is 271 g/mol. The van der Waals surface area contributed by atoms with Crippen LogP contribution in [0.5, 0.6) is 0 Å². The van der Waals surface area contributed by atoms with Crippen LogP contribution in [0.3, 0.4) is 0 Å². The van der Waals surface area contributed by atoms with Gasteiger partial charge in [0.15, 0.2) is 0 Å². The zero-order valence-corrected chi connectivity index (χ0v) is 11.3. The number of amides is 1. The first-order valence-corrected chi connectivity index (χ1v) is 7.41. The minimum atomic E-state index is -4.06. The number of hydrogen-bond acceptors (Lipinski definition) is 3. The van der Waals surface area contributed by atoms with E-state index in [0.717, 1.165) is 31.0 Å². The number of sulfonamides is 1. The Hall–Kier alpha value is -1.47. The lowest BCUT2D eigenvalue weighted by Crippen LogP contribution is -2.30. The number of halogens is 1. The Morgan fingerprint density at radius 2 is 2.11 bits per heavy atom. The van der Waals surface area contributed by atoms with Crippen LogP contribution >= 0.6 is 0 Å². The van der Waals surface area contributed by atoms with Crippen LogP contribution in [-0.2, 0) is 10.0 Å². The van der Waals surface area contributed by atoms with E-state index in [2.05, 4.69) is 0 Å². The summed E-state index contributed by atoms with van der Waals surface area (Å²) in [4.78, 5) is 13.2. The van der Waals surface area contributed by atoms with Crippen LogP contribution in [0.1, 0.15) is 23.2 Å². The van der Waals surface area contributed by atoms with E-state index in [9.17, 15) is 17.6 Å². The summed E-state index contributed by atoms with van der Waals surface area (Å²) in [6, 6.07) is 2.89. The summed E-state index contributed by atoms with van der Waals surface area (Å²) >= 11 is 0. The fourth-order valence-corrected chi connectivity index (χ4v) is 2.60. The molecule has 0 atom stereocenters. The molecule has 0 unspecified atom stereocenters. The summed E-state index contributed by atoms with van der Waals surface area (Å²) < 4.78 is 36.0. The molecule has 2 rings (SSSR count). The number of rotatable bonds is 4. The van der Waals surface area contributed by atoms with Gasteiger partial charge in [-0.15, -0.1) is 0 Å². The van der Waals surface area contributed by atoms with Crippen LogP contribution in [0, 0.1) is 11.7 Å². The summed E-state index contributed by atoms with van der Waals surface area (Å²) in [5, 5.41) is 5.04. The molecule has 0 spiro atoms. The molecule has 1 aliphatic rings. The summed E-state index contributed by atoms with van der Waals surface area (Å²) in [6.07, 6.45) is 2.12. The Bertz CT molecular complexity index is 611. The molecule has 0 aromatic heterocycles. The number of carbonyl (C=O) groups is 1. The van der Waals surface area contributed by atoms with Gasteiger partial charge in [-0.1, -0.05) is 0 Å². The fraction of sp³-hybridized carbons (Fsp3) is 0.417. The maximum atomic E-state index is 13.2. The first kappa shape index (κ1) is 14.0. The highest BCUT2D eigenvalue weighted by Gasteiger charge is 2.28. The van der Waals surface area contributed by atoms with Crippen molar-refractivity contribution in [3.05, 3.63) is 29.6 Å². The average Bonchev–Trinajstić information content (AvgIpc) is 3.10. The topological polar surface area (TPSA) is 80.5 Å². The largest absolute Gasteiger partial charge is 0.341 e. The highest BCUT2D eigenvalue weighted by Crippen LogP contribution is 2.30. The maximum absolute atomic E-state index is 13.2. The van der Waals surface area contributed by atoms with E-state index >= 15 is 0 Å². The van der Waals surface area contributed by atoms with Gasteiger partial charge >= 0.3 is 0 Å². The minimum absolute atomic E-state index is 0.217. The zero-order valence-electron chi connectivity index (χ0n) is 10.5. The average molecular weight is 286 g/mol. The quantitative estimate of drug-likeness (QED) is 0.895. The predicted molar refractivity (Wildman–Crippen MR) is 67.5 cm³/mol. The third kappa shape index (κ3) is 3.30. The zero-order chi connectivity index (χ0) is 14.2. The predicted octanol–water partition coefficient (Wildman–Crippen LogP) is 0.955. The van der Waals surface area contributed by atoms with Crippen molar-refractivity contribution in [3.8, 4) is 0 Å². The van der Waals surface area contributed by atoms with Gasteiger partial charge in [0.1, 0.15) is 5.82 Å². The SMILES string of the molecule is CN(CC1CC1)C(=O)c1cc(F)ccc1S(N)(=O)=O. The van der Waals surface area contributed by atoms with Gasteiger partial charge in [-0.25, -0.2) is 17.9 Å². The fourth-order valence-electron chi connectivity index (χ4n) is 1.89. The molecule has 1 aromatic rings. The number of carbonyl (C=O) groups excluding carboxylic acids is 1. The van der Waals surface area contributed by atoms with Gasteiger partial charge in [0.2, 0.25) is 10.0 Å². The highest BCUT2D eigenvalue weighted by atomic mass is 32.2. The monoisotopic (exact) mass is 286 g/mol. The van der Waals surface area contributed by atoms with E-state index in [-0.39, 0.29) is 10.5 Å². The number of nitrogens with zero attached hydrogens (tertiary/aromatic N) is 1. The molecule has 5 nitrogen and oxygen atoms in total. The molecule has 1 fully saturated rings. The molecule has 0 radical (unpaired) electrons. The lowest BCUT2D eigenvalue weighted by Gasteiger charge is -2.18. The molecular formula is C12H15FN2O3S. The number of nitrogens with two attached hydrogens (primary N) is 1. The second-order valence-corrected chi connectivity index (χ2v) is 6.34. The van der Waals surface area contributed by atoms with Gasteiger partial charge in [-0.05, 0) is 37.0 Å². The van der Waals surface area contributed by atoms with E-state index in [4.69, 9.17) is 5.14 Å². The van der Waals surface area contributed by atoms with Crippen LogP contribution in [-0.4, -0.2) is 32.8 Å². The van der Waals surface area contributed by atoms with Gasteiger partial charge in [-0.3, -0.25) is 4.79 Å². The molecule has 2 N–H and O–H groups in total. The van der Waals surface area contributed by atoms with Gasteiger partial charge in [0.25, 0.3) is 5.91 Å². The number of benzene rings is 1. The molecule has 0 heterocycles. The summed E-state index contributed by atoms with van der Waals surface area (Å²) in [6.45, 7) is 0.541. The van der Waals surface area contributed by atoms with Crippen LogP contribution in [0.25, 0.3) is 0 Å². The van der Waals surface area contributed by atoms with Gasteiger partial charge in [0.05, 0.1) is 10.5 Å². The molecule has 7 heteroatoms. The Balaban J connectivity index is 2.36. The molecule has 1 amide bonds. The Morgan fingerprint density at radius 1 is 1.47 bits per heavy atom. The van der Waals surface area contributed by atoms with Crippen LogP contribution in [0.2, 0.25) is 0 Å². The molecule has 19 heavy (non-hydrogen) atoms. The second kappa shape index (κ2) is 4.90. The Labute approximate surface area is 111 Å². The van der Waals surface area contributed by atoms with Crippen LogP contribution < -0.4 is 5.14 Å². The van der Waals surface area contributed by atoms with E-state index in [1.807, 2.05) is 0 Å². The smallest absolute Gasteiger partial charge is 0.255 e. The van der Waals surface area contributed by atoms with Crippen molar-refractivity contribution in [2.75, 3.05) is 13.6 Å². The standard InChI is InChI=1S/C12H15FN2O3S/c1-15(7-8-2-3-8)12(16)10-6-9(13)4-5-11(10)19(14,17)18/h4-6,8H,2-3,7H2,1H3,(H2,14,17,18). The molecule has 1 saturated carbocycles. The molecule has 0 bridgehead atoms. The van der Waals surface area contributed by atoms with Crippen LogP contribution in [0.15, 0.2) is 23.1 Å². The molecule has 0 saturated heterocycles. The highest BCUT2D eigenvalue weighted by molar-refractivity contribution is 7.89. The molecule has 104 valence electrons. The van der Waals surface area contributed by atoms with Crippen molar-refractivity contribution >= 4 is 15.9 Å². The maximum Gasteiger partial charge on any atom is 0.255 e. The van der Waals surface area contributed by atoms with E-state index < -0.39 is 21.7 Å². The summed E-state index contributed by atoms with van der Waals surface area (Å²) in [5.41, 5.74) is -0.217. The van der Waals surface area contributed by atoms with Crippen molar-refractivity contribution in [1.82, 2.24) is 4.90 Å². The van der Waals surface area contributed by atoms with Crippen molar-refractivity contribution < 1.29 is 17.6 Å². The first-order valence-electron chi connectivity index (χ1n) is 5.87. The van der Waals surface area contributed by atoms with Gasteiger partial charge < -0.3 is 4.90 Å². The molecule has 1 aromatic carbocycles. The first-order chi connectivity index (χ1) is 8.79. The normalized spacial score (nSPS) is 15.3. The third-order valence-corrected chi connectivity index (χ3v) is 4.02. The number of primary sulfonamides is 1. The van der Waals surface area contributed by atoms with E-state index in [0.29, 0.717) is 12.5 Å². The van der Waals surface area contributed by atoms with Crippen LogP contribution in [0.4, 0.5) is 4.39 Å². The van der Waals surface area contributed by atoms with Crippen molar-refractivity contribution in [2.24, 2.45) is 11.1 Å². The summed E-state index contributed by atoms with van der Waals surface area (Å²) in [5.74, 6) is -0.744. The van der Waals surface area contributed by atoms with E-state index in [1.165, 1.54) is 4.90 Å². The minimum Gasteiger partial charge on any atom is -0.341 e. The van der Waals surface area contributed by atoms with Crippen molar-refractivity contribution in [1.29, 1.82) is 0 Å². The summed E-state index contributed by atoms with van der Waals surface area (Å²) in [7, 11) is -2.49. The van der Waals surface area contributed by atoms with Gasteiger partial charge in [0, 0.05) is 13.6 Å². The van der Waals surface area contributed by atoms with Crippen molar-refractivity contribution in [2.45, 2.75) is 17.7 Å². The second-order valence-electron chi connectivity index (χ2n) is 4.81. The third-order valence-electron chi connectivity index (χ3n) is 3.05. The molecule has 0 aliphatic heterocycles. The lowest BCUT2D eigenvalue weighted by molar-refractivity contribution is 0.0784. The lowest BCUT2D eigenvalue weighted by atomic mass is 10.2.